The molecule has 80 valence electrons. The molecule has 1 rings (SSSR count). The third-order valence-corrected chi connectivity index (χ3v) is 2.90. The molecule has 0 spiro atoms. The number of carbonyl (C=O) groups is 2. The van der Waals surface area contributed by atoms with Crippen LogP contribution in [-0.2, 0) is 9.59 Å². The van der Waals surface area contributed by atoms with E-state index in [9.17, 15) is 9.59 Å². The minimum absolute atomic E-state index is 0.249. The summed E-state index contributed by atoms with van der Waals surface area (Å²) in [7, 11) is 0. The van der Waals surface area contributed by atoms with Crippen LogP contribution in [-0.4, -0.2) is 27.7 Å². The van der Waals surface area contributed by atoms with Gasteiger partial charge < -0.3 is 15.9 Å². The van der Waals surface area contributed by atoms with E-state index >= 15 is 0 Å². The molecule has 2 atom stereocenters. The van der Waals surface area contributed by atoms with E-state index in [1.54, 1.807) is 0 Å². The molecule has 4 N–H and O–H groups in total. The summed E-state index contributed by atoms with van der Waals surface area (Å²) in [4.78, 5) is 21.8. The molecule has 0 aliphatic heterocycles. The summed E-state index contributed by atoms with van der Waals surface area (Å²) in [5, 5.41) is 17.9. The van der Waals surface area contributed by atoms with Gasteiger partial charge in [0.2, 0.25) is 0 Å². The van der Waals surface area contributed by atoms with E-state index in [1.165, 1.54) is 0 Å². The summed E-state index contributed by atoms with van der Waals surface area (Å²) in [6.45, 7) is 0. The van der Waals surface area contributed by atoms with Crippen molar-refractivity contribution >= 4 is 11.9 Å². The Morgan fingerprint density at radius 2 is 1.86 bits per heavy atom. The Bertz CT molecular complexity index is 253. The average molecular weight is 201 g/mol. The van der Waals surface area contributed by atoms with E-state index in [2.05, 4.69) is 0 Å². The third kappa shape index (κ3) is 1.87. The van der Waals surface area contributed by atoms with Gasteiger partial charge in [-0.3, -0.25) is 9.59 Å². The van der Waals surface area contributed by atoms with E-state index in [0.717, 1.165) is 12.8 Å². The average Bonchev–Trinajstić information content (AvgIpc) is 2.27. The summed E-state index contributed by atoms with van der Waals surface area (Å²) >= 11 is 0. The predicted octanol–water partition coefficient (Wildman–Crippen LogP) is 0.433. The van der Waals surface area contributed by atoms with E-state index in [-0.39, 0.29) is 6.42 Å². The fourth-order valence-electron chi connectivity index (χ4n) is 1.97. The van der Waals surface area contributed by atoms with Crippen molar-refractivity contribution in [2.24, 2.45) is 11.7 Å². The second-order valence-electron chi connectivity index (χ2n) is 3.84. The fourth-order valence-corrected chi connectivity index (χ4v) is 1.97. The Kier molecular flexibility index (Phi) is 3.10. The molecule has 0 heterocycles. The first-order chi connectivity index (χ1) is 6.48. The summed E-state index contributed by atoms with van der Waals surface area (Å²) in [5.41, 5.74) is 4.09. The number of hydrogen-bond acceptors (Lipinski definition) is 3. The largest absolute Gasteiger partial charge is 0.481 e. The lowest BCUT2D eigenvalue weighted by Crippen LogP contribution is -2.56. The van der Waals surface area contributed by atoms with Gasteiger partial charge in [-0.1, -0.05) is 19.3 Å². The SMILES string of the molecule is NC1(C(=O)O)CCCCCC1C(=O)O. The molecule has 0 amide bonds. The number of carboxylic acid groups (broad SMARTS) is 2. The van der Waals surface area contributed by atoms with Gasteiger partial charge in [0, 0.05) is 0 Å². The molecular weight excluding hydrogens is 186 g/mol. The molecule has 0 aromatic carbocycles. The minimum atomic E-state index is -1.58. The van der Waals surface area contributed by atoms with Gasteiger partial charge in [0.25, 0.3) is 0 Å². The highest BCUT2D eigenvalue weighted by Gasteiger charge is 2.46. The Hall–Kier alpha value is -1.10. The van der Waals surface area contributed by atoms with Gasteiger partial charge in [-0.05, 0) is 12.8 Å². The molecule has 0 radical (unpaired) electrons. The van der Waals surface area contributed by atoms with Gasteiger partial charge in [0.05, 0.1) is 5.92 Å². The molecule has 1 saturated carbocycles. The van der Waals surface area contributed by atoms with E-state index in [4.69, 9.17) is 15.9 Å². The zero-order valence-corrected chi connectivity index (χ0v) is 7.90. The van der Waals surface area contributed by atoms with Crippen molar-refractivity contribution in [3.05, 3.63) is 0 Å². The highest BCUT2D eigenvalue weighted by Crippen LogP contribution is 2.31. The van der Waals surface area contributed by atoms with Crippen LogP contribution < -0.4 is 5.73 Å². The number of rotatable bonds is 2. The van der Waals surface area contributed by atoms with Gasteiger partial charge in [-0.15, -0.1) is 0 Å². The van der Waals surface area contributed by atoms with Gasteiger partial charge >= 0.3 is 11.9 Å². The molecule has 5 heteroatoms. The standard InChI is InChI=1S/C9H15NO4/c10-9(8(13)14)5-3-1-2-4-6(9)7(11)12/h6H,1-5,10H2,(H,11,12)(H,13,14). The van der Waals surface area contributed by atoms with Crippen LogP contribution in [0.5, 0.6) is 0 Å². The second-order valence-corrected chi connectivity index (χ2v) is 3.84. The van der Waals surface area contributed by atoms with Crippen molar-refractivity contribution in [2.75, 3.05) is 0 Å². The smallest absolute Gasteiger partial charge is 0.324 e. The molecule has 1 aliphatic carbocycles. The molecule has 5 nitrogen and oxygen atoms in total. The van der Waals surface area contributed by atoms with E-state index < -0.39 is 23.4 Å². The zero-order valence-electron chi connectivity index (χ0n) is 7.90. The van der Waals surface area contributed by atoms with Crippen LogP contribution in [0.15, 0.2) is 0 Å². The Balaban J connectivity index is 2.94. The van der Waals surface area contributed by atoms with Crippen molar-refractivity contribution in [3.8, 4) is 0 Å². The lowest BCUT2D eigenvalue weighted by atomic mass is 9.81. The summed E-state index contributed by atoms with van der Waals surface area (Å²) < 4.78 is 0. The normalized spacial score (nSPS) is 33.4. The Morgan fingerprint density at radius 1 is 1.21 bits per heavy atom. The first kappa shape index (κ1) is 11.0. The van der Waals surface area contributed by atoms with Gasteiger partial charge in [0.1, 0.15) is 5.54 Å². The molecule has 0 saturated heterocycles. The number of carboxylic acids is 2. The summed E-state index contributed by atoms with van der Waals surface area (Å²) in [5.74, 6) is -3.26. The number of hydrogen-bond donors (Lipinski definition) is 3. The van der Waals surface area contributed by atoms with Crippen LogP contribution in [0.4, 0.5) is 0 Å². The van der Waals surface area contributed by atoms with Crippen LogP contribution in [0.25, 0.3) is 0 Å². The fraction of sp³-hybridized carbons (Fsp3) is 0.778. The topological polar surface area (TPSA) is 101 Å². The molecule has 2 unspecified atom stereocenters. The van der Waals surface area contributed by atoms with Crippen LogP contribution >= 0.6 is 0 Å². The number of aliphatic carboxylic acids is 2. The Labute approximate surface area is 81.9 Å². The molecule has 0 aromatic rings. The molecule has 1 aliphatic rings. The monoisotopic (exact) mass is 201 g/mol. The van der Waals surface area contributed by atoms with Gasteiger partial charge in [0.15, 0.2) is 0 Å². The van der Waals surface area contributed by atoms with Crippen LogP contribution in [0, 0.1) is 5.92 Å². The van der Waals surface area contributed by atoms with Crippen LogP contribution in [0.1, 0.15) is 32.1 Å². The lowest BCUT2D eigenvalue weighted by Gasteiger charge is -2.28. The highest BCUT2D eigenvalue weighted by molar-refractivity contribution is 5.86. The molecule has 0 bridgehead atoms. The quantitative estimate of drug-likeness (QED) is 0.562. The maximum atomic E-state index is 11.0. The predicted molar refractivity (Wildman–Crippen MR) is 48.8 cm³/mol. The van der Waals surface area contributed by atoms with Crippen molar-refractivity contribution in [2.45, 2.75) is 37.6 Å². The van der Waals surface area contributed by atoms with Crippen molar-refractivity contribution in [1.29, 1.82) is 0 Å². The van der Waals surface area contributed by atoms with E-state index in [0.29, 0.717) is 12.8 Å². The molecule has 14 heavy (non-hydrogen) atoms. The van der Waals surface area contributed by atoms with Crippen molar-refractivity contribution in [1.82, 2.24) is 0 Å². The van der Waals surface area contributed by atoms with Gasteiger partial charge in [-0.25, -0.2) is 0 Å². The minimum Gasteiger partial charge on any atom is -0.481 e. The first-order valence-corrected chi connectivity index (χ1v) is 4.73. The van der Waals surface area contributed by atoms with Crippen LogP contribution in [0.2, 0.25) is 0 Å². The first-order valence-electron chi connectivity index (χ1n) is 4.73. The summed E-state index contributed by atoms with van der Waals surface area (Å²) in [6.07, 6.45) is 2.89. The van der Waals surface area contributed by atoms with Crippen molar-refractivity contribution in [3.63, 3.8) is 0 Å². The zero-order chi connectivity index (χ0) is 10.8. The lowest BCUT2D eigenvalue weighted by molar-refractivity contribution is -0.155. The van der Waals surface area contributed by atoms with Crippen LogP contribution in [0.3, 0.4) is 0 Å². The maximum absolute atomic E-state index is 11.0. The summed E-state index contributed by atoms with van der Waals surface area (Å²) in [6, 6.07) is 0. The highest BCUT2D eigenvalue weighted by atomic mass is 16.4. The van der Waals surface area contributed by atoms with Crippen molar-refractivity contribution < 1.29 is 19.8 Å². The molecular formula is C9H15NO4. The third-order valence-electron chi connectivity index (χ3n) is 2.90. The Morgan fingerprint density at radius 3 is 2.36 bits per heavy atom. The molecule has 0 aromatic heterocycles. The number of nitrogens with two attached hydrogens (primary N) is 1. The van der Waals surface area contributed by atoms with E-state index in [1.807, 2.05) is 0 Å². The molecule has 1 fully saturated rings. The maximum Gasteiger partial charge on any atom is 0.324 e. The second kappa shape index (κ2) is 3.96. The van der Waals surface area contributed by atoms with Gasteiger partial charge in [-0.2, -0.15) is 0 Å².